The molecule has 0 bridgehead atoms. The van der Waals surface area contributed by atoms with Crippen LogP contribution in [0.2, 0.25) is 0 Å². The maximum atomic E-state index is 13.0. The Morgan fingerprint density at radius 1 is 1.52 bits per heavy atom. The van der Waals surface area contributed by atoms with Gasteiger partial charge in [0.15, 0.2) is 0 Å². The van der Waals surface area contributed by atoms with Gasteiger partial charge < -0.3 is 10.0 Å². The number of carbonyl (C=O) groups is 1. The SMILES string of the molecule is Cc1nn(C)c(C)c1C(=O)N1CCC[C@H]1C[C@@H](O)c1cccs1. The molecule has 1 fully saturated rings. The third-order valence-corrected chi connectivity index (χ3v) is 5.70. The second-order valence-electron chi connectivity index (χ2n) is 6.23. The van der Waals surface area contributed by atoms with E-state index in [-0.39, 0.29) is 11.9 Å². The third-order valence-electron chi connectivity index (χ3n) is 4.73. The molecule has 23 heavy (non-hydrogen) atoms. The van der Waals surface area contributed by atoms with Crippen molar-refractivity contribution in [3.8, 4) is 0 Å². The van der Waals surface area contributed by atoms with Crippen LogP contribution in [0.3, 0.4) is 0 Å². The van der Waals surface area contributed by atoms with Crippen molar-refractivity contribution in [2.75, 3.05) is 6.54 Å². The Hall–Kier alpha value is -1.66. The molecule has 1 saturated heterocycles. The monoisotopic (exact) mass is 333 g/mol. The van der Waals surface area contributed by atoms with Gasteiger partial charge in [-0.1, -0.05) is 6.07 Å². The van der Waals surface area contributed by atoms with Crippen LogP contribution in [-0.4, -0.2) is 38.3 Å². The van der Waals surface area contributed by atoms with E-state index >= 15 is 0 Å². The summed E-state index contributed by atoms with van der Waals surface area (Å²) in [6.45, 7) is 4.57. The lowest BCUT2D eigenvalue weighted by molar-refractivity contribution is 0.0668. The molecule has 5 nitrogen and oxygen atoms in total. The van der Waals surface area contributed by atoms with Crippen LogP contribution in [0.25, 0.3) is 0 Å². The van der Waals surface area contributed by atoms with Crippen LogP contribution in [0.5, 0.6) is 0 Å². The van der Waals surface area contributed by atoms with Crippen molar-refractivity contribution < 1.29 is 9.90 Å². The van der Waals surface area contributed by atoms with Crippen LogP contribution in [0.1, 0.15) is 52.0 Å². The van der Waals surface area contributed by atoms with E-state index in [4.69, 9.17) is 0 Å². The summed E-state index contributed by atoms with van der Waals surface area (Å²) < 4.78 is 1.76. The summed E-state index contributed by atoms with van der Waals surface area (Å²) in [5.41, 5.74) is 2.39. The fraction of sp³-hybridized carbons (Fsp3) is 0.529. The summed E-state index contributed by atoms with van der Waals surface area (Å²) in [6.07, 6.45) is 2.05. The largest absolute Gasteiger partial charge is 0.387 e. The van der Waals surface area contributed by atoms with E-state index in [0.717, 1.165) is 35.7 Å². The van der Waals surface area contributed by atoms with E-state index < -0.39 is 6.10 Å². The second-order valence-corrected chi connectivity index (χ2v) is 7.21. The number of likely N-dealkylation sites (tertiary alicyclic amines) is 1. The zero-order valence-corrected chi connectivity index (χ0v) is 14.6. The molecular formula is C17H23N3O2S. The van der Waals surface area contributed by atoms with Crippen LogP contribution in [0.4, 0.5) is 0 Å². The van der Waals surface area contributed by atoms with Crippen molar-refractivity contribution in [3.05, 3.63) is 39.3 Å². The molecule has 0 unspecified atom stereocenters. The third kappa shape index (κ3) is 3.05. The summed E-state index contributed by atoms with van der Waals surface area (Å²) in [6, 6.07) is 3.99. The summed E-state index contributed by atoms with van der Waals surface area (Å²) in [7, 11) is 1.86. The van der Waals surface area contributed by atoms with Gasteiger partial charge in [0, 0.05) is 30.2 Å². The van der Waals surface area contributed by atoms with Crippen molar-refractivity contribution in [1.29, 1.82) is 0 Å². The highest BCUT2D eigenvalue weighted by molar-refractivity contribution is 7.10. The standard InChI is InChI=1S/C17H23N3O2S/c1-11-16(12(2)19(3)18-11)17(22)20-8-4-6-13(20)10-14(21)15-7-5-9-23-15/h5,7,9,13-14,21H,4,6,8,10H2,1-3H3/t13-,14+/m0/s1. The number of aromatic nitrogens is 2. The number of thiophene rings is 1. The molecule has 0 spiro atoms. The van der Waals surface area contributed by atoms with Crippen LogP contribution < -0.4 is 0 Å². The van der Waals surface area contributed by atoms with Gasteiger partial charge in [-0.05, 0) is 44.6 Å². The highest BCUT2D eigenvalue weighted by Gasteiger charge is 2.33. The average Bonchev–Trinajstić information content (AvgIpc) is 3.21. The predicted octanol–water partition coefficient (Wildman–Crippen LogP) is 2.83. The Kier molecular flexibility index (Phi) is 4.55. The Labute approximate surface area is 140 Å². The maximum absolute atomic E-state index is 13.0. The van der Waals surface area contributed by atoms with E-state index in [2.05, 4.69) is 5.10 Å². The van der Waals surface area contributed by atoms with Gasteiger partial charge in [0.05, 0.1) is 17.4 Å². The Morgan fingerprint density at radius 2 is 2.30 bits per heavy atom. The van der Waals surface area contributed by atoms with Crippen molar-refractivity contribution in [3.63, 3.8) is 0 Å². The lowest BCUT2D eigenvalue weighted by Gasteiger charge is -2.26. The molecule has 1 aliphatic rings. The quantitative estimate of drug-likeness (QED) is 0.936. The highest BCUT2D eigenvalue weighted by Crippen LogP contribution is 2.31. The zero-order valence-electron chi connectivity index (χ0n) is 13.8. The number of aliphatic hydroxyl groups is 1. The van der Waals surface area contributed by atoms with Gasteiger partial charge in [-0.25, -0.2) is 0 Å². The van der Waals surface area contributed by atoms with Gasteiger partial charge in [-0.3, -0.25) is 9.48 Å². The maximum Gasteiger partial charge on any atom is 0.257 e. The molecule has 3 rings (SSSR count). The summed E-state index contributed by atoms with van der Waals surface area (Å²) in [5, 5.41) is 16.7. The molecule has 0 aliphatic carbocycles. The number of aryl methyl sites for hydroxylation is 2. The van der Waals surface area contributed by atoms with Crippen LogP contribution >= 0.6 is 11.3 Å². The minimum atomic E-state index is -0.496. The molecule has 3 heterocycles. The average molecular weight is 333 g/mol. The van der Waals surface area contributed by atoms with E-state index in [0.29, 0.717) is 12.0 Å². The molecule has 1 N–H and O–H groups in total. The van der Waals surface area contributed by atoms with Gasteiger partial charge >= 0.3 is 0 Å². The fourth-order valence-corrected chi connectivity index (χ4v) is 4.15. The first-order valence-electron chi connectivity index (χ1n) is 8.01. The molecule has 2 atom stereocenters. The number of amides is 1. The minimum Gasteiger partial charge on any atom is -0.387 e. The van der Waals surface area contributed by atoms with Gasteiger partial charge in [-0.15, -0.1) is 11.3 Å². The molecule has 1 amide bonds. The highest BCUT2D eigenvalue weighted by atomic mass is 32.1. The van der Waals surface area contributed by atoms with Crippen molar-refractivity contribution in [1.82, 2.24) is 14.7 Å². The zero-order chi connectivity index (χ0) is 16.6. The van der Waals surface area contributed by atoms with Crippen LogP contribution in [0.15, 0.2) is 17.5 Å². The van der Waals surface area contributed by atoms with Crippen molar-refractivity contribution >= 4 is 17.2 Å². The summed E-state index contributed by atoms with van der Waals surface area (Å²) in [5.74, 6) is 0.0500. The second kappa shape index (κ2) is 6.45. The number of rotatable bonds is 4. The number of carbonyl (C=O) groups excluding carboxylic acids is 1. The molecule has 2 aromatic rings. The Balaban J connectivity index is 1.77. The minimum absolute atomic E-state index is 0.0500. The van der Waals surface area contributed by atoms with Gasteiger partial charge in [0.2, 0.25) is 0 Å². The fourth-order valence-electron chi connectivity index (χ4n) is 3.43. The van der Waals surface area contributed by atoms with Crippen LogP contribution in [-0.2, 0) is 7.05 Å². The van der Waals surface area contributed by atoms with E-state index in [1.54, 1.807) is 16.0 Å². The molecule has 1 aliphatic heterocycles. The van der Waals surface area contributed by atoms with Gasteiger partial charge in [0.1, 0.15) is 0 Å². The molecule has 124 valence electrons. The van der Waals surface area contributed by atoms with Gasteiger partial charge in [-0.2, -0.15) is 5.10 Å². The Bertz CT molecular complexity index is 693. The van der Waals surface area contributed by atoms with E-state index in [1.165, 1.54) is 0 Å². The number of aliphatic hydroxyl groups excluding tert-OH is 1. The molecule has 0 saturated carbocycles. The predicted molar refractivity (Wildman–Crippen MR) is 90.6 cm³/mol. The smallest absolute Gasteiger partial charge is 0.257 e. The molecule has 6 heteroatoms. The lowest BCUT2D eigenvalue weighted by Crippen LogP contribution is -2.37. The van der Waals surface area contributed by atoms with E-state index in [9.17, 15) is 9.90 Å². The number of hydrogen-bond acceptors (Lipinski definition) is 4. The molecule has 0 aromatic carbocycles. The van der Waals surface area contributed by atoms with E-state index in [1.807, 2.05) is 43.3 Å². The molecular weight excluding hydrogens is 310 g/mol. The van der Waals surface area contributed by atoms with Crippen molar-refractivity contribution in [2.24, 2.45) is 7.05 Å². The first-order valence-corrected chi connectivity index (χ1v) is 8.89. The normalized spacial score (nSPS) is 19.3. The molecule has 2 aromatic heterocycles. The summed E-state index contributed by atoms with van der Waals surface area (Å²) in [4.78, 5) is 15.9. The lowest BCUT2D eigenvalue weighted by atomic mass is 10.0. The Morgan fingerprint density at radius 3 is 2.91 bits per heavy atom. The summed E-state index contributed by atoms with van der Waals surface area (Å²) >= 11 is 1.56. The topological polar surface area (TPSA) is 58.4 Å². The number of nitrogens with zero attached hydrogens (tertiary/aromatic N) is 3. The number of hydrogen-bond donors (Lipinski definition) is 1. The first kappa shape index (κ1) is 16.2. The van der Waals surface area contributed by atoms with Gasteiger partial charge in [0.25, 0.3) is 5.91 Å². The molecule has 0 radical (unpaired) electrons. The van der Waals surface area contributed by atoms with Crippen molar-refractivity contribution in [2.45, 2.75) is 45.3 Å². The first-order chi connectivity index (χ1) is 11.0. The van der Waals surface area contributed by atoms with Crippen LogP contribution in [0, 0.1) is 13.8 Å².